The van der Waals surface area contributed by atoms with E-state index in [0.29, 0.717) is 27.4 Å². The van der Waals surface area contributed by atoms with Gasteiger partial charge in [0.2, 0.25) is 5.88 Å². The summed E-state index contributed by atoms with van der Waals surface area (Å²) in [6, 6.07) is 0. The number of nitrogens with zero attached hydrogens (tertiary/aromatic N) is 5. The first-order valence-electron chi connectivity index (χ1n) is 5.28. The maximum Gasteiger partial charge on any atom is 0.217 e. The lowest BCUT2D eigenvalue weighted by Crippen LogP contribution is -2.09. The minimum atomic E-state index is -0.900. The number of aliphatic hydroxyl groups excluding tert-OH is 1. The maximum absolute atomic E-state index is 10.5. The monoisotopic (exact) mass is 315 g/mol. The van der Waals surface area contributed by atoms with Crippen molar-refractivity contribution in [2.45, 2.75) is 13.0 Å². The van der Waals surface area contributed by atoms with Crippen LogP contribution in [0.4, 0.5) is 0 Å². The van der Waals surface area contributed by atoms with Crippen molar-refractivity contribution in [3.8, 4) is 5.88 Å². The summed E-state index contributed by atoms with van der Waals surface area (Å²) < 4.78 is 8.88. The Balaban J connectivity index is 2.56. The summed E-state index contributed by atoms with van der Waals surface area (Å²) in [4.78, 5) is 0. The molecule has 0 aliphatic carbocycles. The number of hydrogen-bond acceptors (Lipinski definition) is 5. The van der Waals surface area contributed by atoms with E-state index in [4.69, 9.17) is 4.74 Å². The number of aromatic nitrogens is 5. The zero-order valence-electron chi connectivity index (χ0n) is 10.5. The molecule has 18 heavy (non-hydrogen) atoms. The zero-order valence-corrected chi connectivity index (χ0v) is 12.1. The second kappa shape index (κ2) is 4.69. The summed E-state index contributed by atoms with van der Waals surface area (Å²) in [5.74, 6) is 0.521. The Morgan fingerprint density at radius 3 is 2.50 bits per heavy atom. The molecule has 2 heterocycles. The van der Waals surface area contributed by atoms with Gasteiger partial charge in [-0.3, -0.25) is 0 Å². The number of ether oxygens (including phenoxy) is 1. The summed E-state index contributed by atoms with van der Waals surface area (Å²) in [5, 5.41) is 22.4. The van der Waals surface area contributed by atoms with Crippen LogP contribution in [-0.4, -0.2) is 37.0 Å². The van der Waals surface area contributed by atoms with Gasteiger partial charge in [-0.25, -0.2) is 9.36 Å². The highest BCUT2D eigenvalue weighted by Gasteiger charge is 2.27. The summed E-state index contributed by atoms with van der Waals surface area (Å²) >= 11 is 3.27. The molecule has 0 aromatic carbocycles. The fourth-order valence-corrected chi connectivity index (χ4v) is 2.52. The molecular weight excluding hydrogens is 302 g/mol. The molecule has 0 spiro atoms. The molecule has 0 fully saturated rings. The van der Waals surface area contributed by atoms with Gasteiger partial charge in [0.05, 0.1) is 18.4 Å². The van der Waals surface area contributed by atoms with Crippen LogP contribution in [-0.2, 0) is 14.1 Å². The Labute approximate surface area is 112 Å². The van der Waals surface area contributed by atoms with Crippen molar-refractivity contribution in [2.75, 3.05) is 7.11 Å². The van der Waals surface area contributed by atoms with Crippen molar-refractivity contribution >= 4 is 15.9 Å². The van der Waals surface area contributed by atoms with Gasteiger partial charge in [-0.05, 0) is 22.9 Å². The molecule has 2 aromatic rings. The average Bonchev–Trinajstić information content (AvgIpc) is 2.78. The van der Waals surface area contributed by atoms with Crippen molar-refractivity contribution in [3.05, 3.63) is 21.6 Å². The summed E-state index contributed by atoms with van der Waals surface area (Å²) in [6.45, 7) is 1.82. The minimum Gasteiger partial charge on any atom is -0.481 e. The van der Waals surface area contributed by atoms with Gasteiger partial charge in [0.25, 0.3) is 0 Å². The third-order valence-corrected chi connectivity index (χ3v) is 3.33. The van der Waals surface area contributed by atoms with Crippen LogP contribution in [0.15, 0.2) is 4.60 Å². The lowest BCUT2D eigenvalue weighted by Gasteiger charge is -2.12. The molecule has 1 atom stereocenters. The minimum absolute atomic E-state index is 0.503. The van der Waals surface area contributed by atoms with E-state index in [1.54, 1.807) is 25.9 Å². The zero-order chi connectivity index (χ0) is 13.4. The van der Waals surface area contributed by atoms with Crippen LogP contribution in [0.25, 0.3) is 0 Å². The van der Waals surface area contributed by atoms with E-state index in [2.05, 4.69) is 31.3 Å². The van der Waals surface area contributed by atoms with Gasteiger partial charge < -0.3 is 9.84 Å². The molecule has 0 aliphatic heterocycles. The normalized spacial score (nSPS) is 12.8. The highest BCUT2D eigenvalue weighted by Crippen LogP contribution is 2.34. The lowest BCUT2D eigenvalue weighted by molar-refractivity contribution is 0.202. The predicted molar refractivity (Wildman–Crippen MR) is 67.3 cm³/mol. The Morgan fingerprint density at radius 1 is 1.33 bits per heavy atom. The number of hydrogen-bond donors (Lipinski definition) is 1. The van der Waals surface area contributed by atoms with Crippen LogP contribution in [0, 0.1) is 6.92 Å². The van der Waals surface area contributed by atoms with E-state index in [-0.39, 0.29) is 0 Å². The van der Waals surface area contributed by atoms with Gasteiger partial charge in [-0.2, -0.15) is 5.10 Å². The third kappa shape index (κ3) is 1.91. The van der Waals surface area contributed by atoms with E-state index in [1.165, 1.54) is 4.68 Å². The Kier molecular flexibility index (Phi) is 3.40. The Bertz CT molecular complexity index is 558. The topological polar surface area (TPSA) is 78.0 Å². The lowest BCUT2D eigenvalue weighted by atomic mass is 10.1. The average molecular weight is 316 g/mol. The largest absolute Gasteiger partial charge is 0.481 e. The van der Waals surface area contributed by atoms with Gasteiger partial charge in [0.15, 0.2) is 4.60 Å². The molecule has 0 amide bonds. The first-order chi connectivity index (χ1) is 8.47. The van der Waals surface area contributed by atoms with E-state index >= 15 is 0 Å². The standard InChI is InChI=1S/C10H14BrN5O2/c1-5-6(10(18-4)16(3)13-5)8(17)7-9(11)12-14-15(7)2/h8,17H,1-4H3. The second-order valence-corrected chi connectivity index (χ2v) is 4.67. The number of aryl methyl sites for hydroxylation is 3. The highest BCUT2D eigenvalue weighted by atomic mass is 79.9. The fourth-order valence-electron chi connectivity index (χ4n) is 1.98. The smallest absolute Gasteiger partial charge is 0.217 e. The third-order valence-electron chi connectivity index (χ3n) is 2.77. The van der Waals surface area contributed by atoms with Gasteiger partial charge in [0, 0.05) is 14.1 Å². The van der Waals surface area contributed by atoms with Crippen molar-refractivity contribution in [2.24, 2.45) is 14.1 Å². The molecule has 0 aliphatic rings. The first-order valence-corrected chi connectivity index (χ1v) is 6.07. The SMILES string of the molecule is COc1c(C(O)c2c(Br)nnn2C)c(C)nn1C. The predicted octanol–water partition coefficient (Wildman–Crippen LogP) is 0.710. The molecule has 0 radical (unpaired) electrons. The van der Waals surface area contributed by atoms with Crippen molar-refractivity contribution in [1.29, 1.82) is 0 Å². The fraction of sp³-hybridized carbons (Fsp3) is 0.500. The number of methoxy groups -OCH3 is 1. The van der Waals surface area contributed by atoms with E-state index in [0.717, 1.165) is 0 Å². The second-order valence-electron chi connectivity index (χ2n) is 3.92. The van der Waals surface area contributed by atoms with Gasteiger partial charge in [-0.15, -0.1) is 5.10 Å². The highest BCUT2D eigenvalue weighted by molar-refractivity contribution is 9.10. The van der Waals surface area contributed by atoms with Crippen LogP contribution >= 0.6 is 15.9 Å². The molecule has 7 nitrogen and oxygen atoms in total. The van der Waals surface area contributed by atoms with Crippen molar-refractivity contribution < 1.29 is 9.84 Å². The van der Waals surface area contributed by atoms with E-state index in [9.17, 15) is 5.11 Å². The van der Waals surface area contributed by atoms with Crippen LogP contribution in [0.3, 0.4) is 0 Å². The molecule has 0 saturated heterocycles. The molecular formula is C10H14BrN5O2. The van der Waals surface area contributed by atoms with Gasteiger partial charge in [-0.1, -0.05) is 5.21 Å². The van der Waals surface area contributed by atoms with Crippen LogP contribution in [0.2, 0.25) is 0 Å². The molecule has 1 N–H and O–H groups in total. The number of aliphatic hydroxyl groups is 1. The first kappa shape index (κ1) is 13.0. The molecule has 0 bridgehead atoms. The molecule has 8 heteroatoms. The number of rotatable bonds is 3. The molecule has 2 rings (SSSR count). The summed E-state index contributed by atoms with van der Waals surface area (Å²) in [6.07, 6.45) is -0.900. The molecule has 1 unspecified atom stereocenters. The van der Waals surface area contributed by atoms with E-state index < -0.39 is 6.10 Å². The Morgan fingerprint density at radius 2 is 2.00 bits per heavy atom. The van der Waals surface area contributed by atoms with Gasteiger partial charge >= 0.3 is 0 Å². The maximum atomic E-state index is 10.5. The van der Waals surface area contributed by atoms with Crippen LogP contribution in [0.1, 0.15) is 23.1 Å². The quantitative estimate of drug-likeness (QED) is 0.902. The van der Waals surface area contributed by atoms with E-state index in [1.807, 2.05) is 6.92 Å². The van der Waals surface area contributed by atoms with Crippen molar-refractivity contribution in [1.82, 2.24) is 24.8 Å². The molecule has 2 aromatic heterocycles. The summed E-state index contributed by atoms with van der Waals surface area (Å²) in [5.41, 5.74) is 1.88. The Hall–Kier alpha value is -1.41. The molecule has 98 valence electrons. The van der Waals surface area contributed by atoms with Gasteiger partial charge in [0.1, 0.15) is 11.8 Å². The number of halogens is 1. The molecule has 0 saturated carbocycles. The van der Waals surface area contributed by atoms with Crippen LogP contribution < -0.4 is 4.74 Å². The van der Waals surface area contributed by atoms with Crippen LogP contribution in [0.5, 0.6) is 5.88 Å². The van der Waals surface area contributed by atoms with Crippen molar-refractivity contribution in [3.63, 3.8) is 0 Å². The summed E-state index contributed by atoms with van der Waals surface area (Å²) in [7, 11) is 5.02.